The van der Waals surface area contributed by atoms with E-state index in [2.05, 4.69) is 9.47 Å². The van der Waals surface area contributed by atoms with Crippen LogP contribution in [0, 0.1) is 5.92 Å². The molecule has 0 aromatic heterocycles. The quantitative estimate of drug-likeness (QED) is 0.488. The molecule has 0 spiro atoms. The molecule has 0 aromatic rings. The molecule has 0 radical (unpaired) electrons. The van der Waals surface area contributed by atoms with E-state index in [-0.39, 0.29) is 5.92 Å². The van der Waals surface area contributed by atoms with E-state index in [1.807, 2.05) is 0 Å². The predicted molar refractivity (Wildman–Crippen MR) is 31.1 cm³/mol. The van der Waals surface area contributed by atoms with Gasteiger partial charge in [0, 0.05) is 0 Å². The number of rotatable bonds is 0. The number of halogens is 1. The lowest BCUT2D eigenvalue weighted by atomic mass is 10.1. The maximum Gasteiger partial charge on any atom is 0.511 e. The Morgan fingerprint density at radius 2 is 2.00 bits per heavy atom. The molecule has 0 N–H and O–H groups in total. The third-order valence-electron chi connectivity index (χ3n) is 1.64. The zero-order valence-corrected chi connectivity index (χ0v) is 5.83. The number of cyclic esters (lactones) is 2. The average Bonchev–Trinajstić information content (AvgIpc) is 1.82. The molecule has 0 aromatic carbocycles. The summed E-state index contributed by atoms with van der Waals surface area (Å²) in [5.74, 6) is -0.377. The average molecular weight is 148 g/mol. The van der Waals surface area contributed by atoms with Gasteiger partial charge in [0.25, 0.3) is 6.36 Å². The highest BCUT2D eigenvalue weighted by atomic mass is 19.1. The monoisotopic (exact) mass is 148 g/mol. The molecule has 1 fully saturated rings. The van der Waals surface area contributed by atoms with Gasteiger partial charge in [0.2, 0.25) is 0 Å². The van der Waals surface area contributed by atoms with Gasteiger partial charge in [-0.3, -0.25) is 0 Å². The molecular formula is C6H9FO3. The van der Waals surface area contributed by atoms with Crippen LogP contribution in [0.15, 0.2) is 0 Å². The molecule has 3 unspecified atom stereocenters. The molecule has 1 rings (SSSR count). The molecule has 1 heterocycles. The fourth-order valence-electron chi connectivity index (χ4n) is 0.699. The maximum atomic E-state index is 12.6. The van der Waals surface area contributed by atoms with E-state index < -0.39 is 18.6 Å². The van der Waals surface area contributed by atoms with Gasteiger partial charge in [-0.25, -0.2) is 9.18 Å². The second-order valence-electron chi connectivity index (χ2n) is 2.40. The number of carbonyl (C=O) groups excluding carboxylic acids is 1. The lowest BCUT2D eigenvalue weighted by molar-refractivity contribution is -0.137. The Bertz CT molecular complexity index is 134. The second-order valence-corrected chi connectivity index (χ2v) is 2.40. The van der Waals surface area contributed by atoms with Crippen molar-refractivity contribution in [1.82, 2.24) is 0 Å². The topological polar surface area (TPSA) is 35.5 Å². The first-order valence-corrected chi connectivity index (χ1v) is 3.12. The lowest BCUT2D eigenvalue weighted by Gasteiger charge is -2.27. The number of ether oxygens (including phenoxy) is 2. The fraction of sp³-hybridized carbons (Fsp3) is 0.833. The van der Waals surface area contributed by atoms with Crippen molar-refractivity contribution in [2.45, 2.75) is 26.3 Å². The van der Waals surface area contributed by atoms with Gasteiger partial charge < -0.3 is 9.47 Å². The van der Waals surface area contributed by atoms with Gasteiger partial charge in [0.15, 0.2) is 0 Å². The lowest BCUT2D eigenvalue weighted by Crippen LogP contribution is -2.38. The van der Waals surface area contributed by atoms with Gasteiger partial charge in [0.1, 0.15) is 6.10 Å². The van der Waals surface area contributed by atoms with E-state index in [1.165, 1.54) is 0 Å². The van der Waals surface area contributed by atoms with E-state index in [1.54, 1.807) is 13.8 Å². The van der Waals surface area contributed by atoms with Crippen molar-refractivity contribution < 1.29 is 18.7 Å². The second kappa shape index (κ2) is 2.44. The van der Waals surface area contributed by atoms with E-state index in [9.17, 15) is 9.18 Å². The predicted octanol–water partition coefficient (Wildman–Crippen LogP) is 1.47. The molecule has 0 bridgehead atoms. The van der Waals surface area contributed by atoms with Gasteiger partial charge in [-0.2, -0.15) is 0 Å². The van der Waals surface area contributed by atoms with Gasteiger partial charge in [-0.15, -0.1) is 0 Å². The Balaban J connectivity index is 2.57. The number of hydrogen-bond acceptors (Lipinski definition) is 3. The number of hydrogen-bond donors (Lipinski definition) is 0. The third-order valence-corrected chi connectivity index (χ3v) is 1.64. The molecule has 3 atom stereocenters. The highest BCUT2D eigenvalue weighted by molar-refractivity contribution is 5.61. The summed E-state index contributed by atoms with van der Waals surface area (Å²) in [5.41, 5.74) is 0. The summed E-state index contributed by atoms with van der Waals surface area (Å²) < 4.78 is 21.3. The van der Waals surface area contributed by atoms with Crippen LogP contribution in [-0.2, 0) is 9.47 Å². The van der Waals surface area contributed by atoms with Crippen molar-refractivity contribution in [2.24, 2.45) is 5.92 Å². The molecule has 1 aliphatic heterocycles. The van der Waals surface area contributed by atoms with Crippen LogP contribution in [0.2, 0.25) is 0 Å². The van der Waals surface area contributed by atoms with Crippen LogP contribution in [0.4, 0.5) is 9.18 Å². The summed E-state index contributed by atoms with van der Waals surface area (Å²) in [6, 6.07) is 0. The minimum Gasteiger partial charge on any atom is -0.431 e. The van der Waals surface area contributed by atoms with Crippen LogP contribution in [0.25, 0.3) is 0 Å². The Morgan fingerprint density at radius 3 is 2.50 bits per heavy atom. The zero-order valence-electron chi connectivity index (χ0n) is 5.83. The molecular weight excluding hydrogens is 139 g/mol. The van der Waals surface area contributed by atoms with Gasteiger partial charge in [0.05, 0.1) is 5.92 Å². The number of alkyl halides is 1. The molecule has 0 amide bonds. The summed E-state index contributed by atoms with van der Waals surface area (Å²) in [4.78, 5) is 10.3. The maximum absolute atomic E-state index is 12.6. The van der Waals surface area contributed by atoms with E-state index in [0.717, 1.165) is 0 Å². The van der Waals surface area contributed by atoms with Crippen molar-refractivity contribution >= 4 is 6.16 Å². The number of carbonyl (C=O) groups is 1. The van der Waals surface area contributed by atoms with E-state index in [0.29, 0.717) is 0 Å². The summed E-state index contributed by atoms with van der Waals surface area (Å²) in [7, 11) is 0. The van der Waals surface area contributed by atoms with Crippen molar-refractivity contribution in [1.29, 1.82) is 0 Å². The smallest absolute Gasteiger partial charge is 0.431 e. The normalized spacial score (nSPS) is 40.3. The molecule has 1 saturated heterocycles. The largest absolute Gasteiger partial charge is 0.511 e. The molecule has 10 heavy (non-hydrogen) atoms. The highest BCUT2D eigenvalue weighted by Gasteiger charge is 2.34. The molecule has 4 heteroatoms. The van der Waals surface area contributed by atoms with Crippen LogP contribution < -0.4 is 0 Å². The Kier molecular flexibility index (Phi) is 1.78. The Morgan fingerprint density at radius 1 is 1.40 bits per heavy atom. The zero-order chi connectivity index (χ0) is 7.72. The third kappa shape index (κ3) is 1.20. The standard InChI is InChI=1S/C6H9FO3/c1-3-4(2)9-6(8)10-5(3)7/h3-5H,1-2H3. The highest BCUT2D eigenvalue weighted by Crippen LogP contribution is 2.21. The Labute approximate surface area is 58.1 Å². The van der Waals surface area contributed by atoms with Crippen molar-refractivity contribution in [3.8, 4) is 0 Å². The van der Waals surface area contributed by atoms with Gasteiger partial charge in [-0.05, 0) is 6.92 Å². The van der Waals surface area contributed by atoms with Gasteiger partial charge in [-0.1, -0.05) is 6.92 Å². The van der Waals surface area contributed by atoms with Gasteiger partial charge >= 0.3 is 6.16 Å². The summed E-state index contributed by atoms with van der Waals surface area (Å²) in [6.07, 6.45) is -2.83. The molecule has 0 saturated carbocycles. The molecule has 3 nitrogen and oxygen atoms in total. The van der Waals surface area contributed by atoms with Crippen LogP contribution in [0.5, 0.6) is 0 Å². The van der Waals surface area contributed by atoms with Crippen LogP contribution in [0.1, 0.15) is 13.8 Å². The first kappa shape index (κ1) is 7.31. The summed E-state index contributed by atoms with van der Waals surface area (Å²) in [6.45, 7) is 3.26. The van der Waals surface area contributed by atoms with E-state index in [4.69, 9.17) is 0 Å². The SMILES string of the molecule is CC1OC(=O)OC(F)C1C. The summed E-state index contributed by atoms with van der Waals surface area (Å²) >= 11 is 0. The molecule has 0 aliphatic carbocycles. The Hall–Kier alpha value is -0.800. The van der Waals surface area contributed by atoms with Crippen molar-refractivity contribution in [3.63, 3.8) is 0 Å². The van der Waals surface area contributed by atoms with Crippen LogP contribution >= 0.6 is 0 Å². The fourth-order valence-corrected chi connectivity index (χ4v) is 0.699. The minimum absolute atomic E-state index is 0.377. The van der Waals surface area contributed by atoms with Crippen molar-refractivity contribution in [2.75, 3.05) is 0 Å². The minimum atomic E-state index is -1.52. The van der Waals surface area contributed by atoms with E-state index >= 15 is 0 Å². The summed E-state index contributed by atoms with van der Waals surface area (Å²) in [5, 5.41) is 0. The molecule has 1 aliphatic rings. The first-order chi connectivity index (χ1) is 4.61. The van der Waals surface area contributed by atoms with Crippen molar-refractivity contribution in [3.05, 3.63) is 0 Å². The molecule has 58 valence electrons. The van der Waals surface area contributed by atoms with Crippen LogP contribution in [0.3, 0.4) is 0 Å². The first-order valence-electron chi connectivity index (χ1n) is 3.12. The van der Waals surface area contributed by atoms with Crippen LogP contribution in [-0.4, -0.2) is 18.6 Å².